The van der Waals surface area contributed by atoms with Crippen LogP contribution in [-0.2, 0) is 4.74 Å². The highest BCUT2D eigenvalue weighted by Crippen LogP contribution is 2.34. The van der Waals surface area contributed by atoms with Gasteiger partial charge in [-0.15, -0.1) is 0 Å². The number of methoxy groups -OCH3 is 1. The lowest BCUT2D eigenvalue weighted by Crippen LogP contribution is -2.51. The van der Waals surface area contributed by atoms with Gasteiger partial charge in [0.15, 0.2) is 0 Å². The van der Waals surface area contributed by atoms with Crippen molar-refractivity contribution in [2.75, 3.05) is 26.7 Å². The Morgan fingerprint density at radius 3 is 2.50 bits per heavy atom. The van der Waals surface area contributed by atoms with Crippen molar-refractivity contribution < 1.29 is 9.53 Å². The first-order valence-electron chi connectivity index (χ1n) is 7.92. The van der Waals surface area contributed by atoms with E-state index in [9.17, 15) is 4.79 Å². The lowest BCUT2D eigenvalue weighted by atomic mass is 9.80. The summed E-state index contributed by atoms with van der Waals surface area (Å²) in [6.45, 7) is 10.3. The monoisotopic (exact) mass is 282 g/mol. The molecule has 1 saturated heterocycles. The van der Waals surface area contributed by atoms with Gasteiger partial charge in [0, 0.05) is 25.7 Å². The average Bonchev–Trinajstić information content (AvgIpc) is 3.10. The van der Waals surface area contributed by atoms with Crippen LogP contribution in [0.15, 0.2) is 0 Å². The zero-order valence-electron chi connectivity index (χ0n) is 13.4. The molecule has 1 aliphatic heterocycles. The molecule has 116 valence electrons. The molecule has 2 aliphatic rings. The Morgan fingerprint density at radius 1 is 1.25 bits per heavy atom. The maximum Gasteiger partial charge on any atom is 0.407 e. The number of likely N-dealkylation sites (tertiary alicyclic amines) is 1. The first-order valence-corrected chi connectivity index (χ1v) is 7.92. The van der Waals surface area contributed by atoms with Gasteiger partial charge in [-0.05, 0) is 42.9 Å². The molecule has 2 atom stereocenters. The van der Waals surface area contributed by atoms with E-state index >= 15 is 0 Å². The van der Waals surface area contributed by atoms with E-state index in [0.717, 1.165) is 18.9 Å². The predicted molar refractivity (Wildman–Crippen MR) is 80.7 cm³/mol. The smallest absolute Gasteiger partial charge is 0.407 e. The zero-order chi connectivity index (χ0) is 14.8. The molecule has 2 fully saturated rings. The molecule has 1 aliphatic carbocycles. The Balaban J connectivity index is 1.91. The van der Waals surface area contributed by atoms with Crippen LogP contribution in [0.4, 0.5) is 4.79 Å². The van der Waals surface area contributed by atoms with Crippen molar-refractivity contribution in [3.05, 3.63) is 0 Å². The van der Waals surface area contributed by atoms with Crippen molar-refractivity contribution in [1.82, 2.24) is 10.2 Å². The number of hydrogen-bond donors (Lipinski definition) is 1. The molecular weight excluding hydrogens is 252 g/mol. The summed E-state index contributed by atoms with van der Waals surface area (Å²) in [4.78, 5) is 14.0. The van der Waals surface area contributed by atoms with Gasteiger partial charge in [-0.2, -0.15) is 0 Å². The van der Waals surface area contributed by atoms with Gasteiger partial charge in [0.25, 0.3) is 0 Å². The van der Waals surface area contributed by atoms with Crippen LogP contribution in [0, 0.1) is 17.3 Å². The minimum atomic E-state index is -0.294. The van der Waals surface area contributed by atoms with Crippen molar-refractivity contribution in [3.8, 4) is 0 Å². The topological polar surface area (TPSA) is 41.6 Å². The summed E-state index contributed by atoms with van der Waals surface area (Å²) >= 11 is 0. The highest BCUT2D eigenvalue weighted by atomic mass is 16.5. The summed E-state index contributed by atoms with van der Waals surface area (Å²) in [6, 6.07) is 0.238. The number of nitrogens with one attached hydrogen (secondary N) is 1. The zero-order valence-corrected chi connectivity index (χ0v) is 13.4. The minimum Gasteiger partial charge on any atom is -0.453 e. The van der Waals surface area contributed by atoms with Crippen LogP contribution in [0.1, 0.15) is 46.5 Å². The molecule has 1 saturated carbocycles. The average molecular weight is 282 g/mol. The summed E-state index contributed by atoms with van der Waals surface area (Å²) in [6.07, 6.45) is 4.77. The number of carbonyl (C=O) groups is 1. The number of hydrogen-bond acceptors (Lipinski definition) is 3. The molecule has 0 spiro atoms. The van der Waals surface area contributed by atoms with Gasteiger partial charge < -0.3 is 15.0 Å². The summed E-state index contributed by atoms with van der Waals surface area (Å²) in [5.74, 6) is 1.58. The number of amides is 1. The third-order valence-corrected chi connectivity index (χ3v) is 4.23. The third-order valence-electron chi connectivity index (χ3n) is 4.23. The Bertz CT molecular complexity index is 334. The summed E-state index contributed by atoms with van der Waals surface area (Å²) in [5, 5.41) is 3.01. The standard InChI is InChI=1S/C16H30N2O2/c1-16(2,3)8-13-7-14(17-15(19)20-4)11-18(10-13)9-12-5-6-12/h12-14H,5-11H2,1-4H3,(H,17,19). The van der Waals surface area contributed by atoms with Crippen molar-refractivity contribution in [3.63, 3.8) is 0 Å². The molecule has 4 nitrogen and oxygen atoms in total. The van der Waals surface area contributed by atoms with E-state index in [-0.39, 0.29) is 12.1 Å². The fourth-order valence-electron chi connectivity index (χ4n) is 3.46. The van der Waals surface area contributed by atoms with Gasteiger partial charge in [-0.3, -0.25) is 0 Å². The predicted octanol–water partition coefficient (Wildman–Crippen LogP) is 2.88. The Labute approximate surface area is 123 Å². The number of ether oxygens (including phenoxy) is 1. The van der Waals surface area contributed by atoms with Gasteiger partial charge in [0.05, 0.1) is 7.11 Å². The molecule has 2 unspecified atom stereocenters. The number of piperidine rings is 1. The van der Waals surface area contributed by atoms with Crippen molar-refractivity contribution in [1.29, 1.82) is 0 Å². The maximum atomic E-state index is 11.5. The molecule has 0 aromatic rings. The minimum absolute atomic E-state index is 0.238. The number of rotatable bonds is 4. The van der Waals surface area contributed by atoms with Crippen LogP contribution in [0.2, 0.25) is 0 Å². The fraction of sp³-hybridized carbons (Fsp3) is 0.938. The summed E-state index contributed by atoms with van der Waals surface area (Å²) < 4.78 is 4.75. The molecule has 0 aromatic heterocycles. The van der Waals surface area contributed by atoms with E-state index in [2.05, 4.69) is 31.0 Å². The molecular formula is C16H30N2O2. The van der Waals surface area contributed by atoms with E-state index in [1.165, 1.54) is 39.5 Å². The van der Waals surface area contributed by atoms with E-state index < -0.39 is 0 Å². The van der Waals surface area contributed by atoms with Gasteiger partial charge >= 0.3 is 6.09 Å². The quantitative estimate of drug-likeness (QED) is 0.862. The molecule has 4 heteroatoms. The highest BCUT2D eigenvalue weighted by molar-refractivity contribution is 5.67. The van der Waals surface area contributed by atoms with E-state index in [0.29, 0.717) is 11.3 Å². The van der Waals surface area contributed by atoms with Crippen LogP contribution < -0.4 is 5.32 Å². The fourth-order valence-corrected chi connectivity index (χ4v) is 3.46. The second-order valence-corrected chi connectivity index (χ2v) is 7.86. The van der Waals surface area contributed by atoms with Crippen LogP contribution in [0.5, 0.6) is 0 Å². The van der Waals surface area contributed by atoms with Crippen LogP contribution in [0.3, 0.4) is 0 Å². The first kappa shape index (κ1) is 15.6. The molecule has 1 heterocycles. The number of carbonyl (C=O) groups excluding carboxylic acids is 1. The summed E-state index contributed by atoms with van der Waals surface area (Å²) in [5.41, 5.74) is 0.350. The van der Waals surface area contributed by atoms with Crippen molar-refractivity contribution >= 4 is 6.09 Å². The van der Waals surface area contributed by atoms with Crippen LogP contribution in [0.25, 0.3) is 0 Å². The molecule has 0 bridgehead atoms. The lowest BCUT2D eigenvalue weighted by Gasteiger charge is -2.40. The van der Waals surface area contributed by atoms with Crippen molar-refractivity contribution in [2.24, 2.45) is 17.3 Å². The SMILES string of the molecule is COC(=O)NC1CC(CC(C)(C)C)CN(CC2CC2)C1. The second kappa shape index (κ2) is 6.33. The highest BCUT2D eigenvalue weighted by Gasteiger charge is 2.33. The van der Waals surface area contributed by atoms with E-state index in [1.807, 2.05) is 0 Å². The largest absolute Gasteiger partial charge is 0.453 e. The molecule has 1 amide bonds. The molecule has 0 radical (unpaired) electrons. The molecule has 20 heavy (non-hydrogen) atoms. The van der Waals surface area contributed by atoms with Crippen LogP contribution >= 0.6 is 0 Å². The van der Waals surface area contributed by atoms with Gasteiger partial charge in [0.2, 0.25) is 0 Å². The first-order chi connectivity index (χ1) is 9.35. The van der Waals surface area contributed by atoms with Gasteiger partial charge in [0.1, 0.15) is 0 Å². The van der Waals surface area contributed by atoms with Crippen molar-refractivity contribution in [2.45, 2.75) is 52.5 Å². The van der Waals surface area contributed by atoms with E-state index in [4.69, 9.17) is 4.74 Å². The Hall–Kier alpha value is -0.770. The number of nitrogens with zero attached hydrogens (tertiary/aromatic N) is 1. The van der Waals surface area contributed by atoms with E-state index in [1.54, 1.807) is 0 Å². The summed E-state index contributed by atoms with van der Waals surface area (Å²) in [7, 11) is 1.44. The molecule has 0 aromatic carbocycles. The lowest BCUT2D eigenvalue weighted by molar-refractivity contribution is 0.103. The third kappa shape index (κ3) is 5.31. The Morgan fingerprint density at radius 2 is 1.95 bits per heavy atom. The number of alkyl carbamates (subject to hydrolysis) is 1. The maximum absolute atomic E-state index is 11.5. The van der Waals surface area contributed by atoms with Gasteiger partial charge in [-0.25, -0.2) is 4.79 Å². The molecule has 2 rings (SSSR count). The van der Waals surface area contributed by atoms with Crippen LogP contribution in [-0.4, -0.2) is 43.8 Å². The molecule has 1 N–H and O–H groups in total. The van der Waals surface area contributed by atoms with Gasteiger partial charge in [-0.1, -0.05) is 20.8 Å². The normalized spacial score (nSPS) is 28.2. The second-order valence-electron chi connectivity index (χ2n) is 7.86. The Kier molecular flexibility index (Phi) is 4.95.